The summed E-state index contributed by atoms with van der Waals surface area (Å²) < 4.78 is 31.7. The minimum absolute atomic E-state index is 0.139. The topological polar surface area (TPSA) is 91.2 Å². The zero-order chi connectivity index (χ0) is 18.5. The van der Waals surface area contributed by atoms with Crippen molar-refractivity contribution in [3.05, 3.63) is 29.3 Å². The van der Waals surface area contributed by atoms with Crippen LogP contribution in [0, 0.1) is 28.9 Å². The fourth-order valence-electron chi connectivity index (χ4n) is 1.76. The number of carbonyl (C=O) groups is 2. The average Bonchev–Trinajstić information content (AvgIpc) is 2.52. The summed E-state index contributed by atoms with van der Waals surface area (Å²) in [6.07, 6.45) is 0. The molecule has 0 aliphatic carbocycles. The molecular weight excluding hydrogens is 320 g/mol. The molecule has 6 nitrogen and oxygen atoms in total. The maximum atomic E-state index is 13.7. The fraction of sp³-hybridized carbons (Fsp3) is 0.438. The number of esters is 1. The molecule has 1 atom stereocenters. The van der Waals surface area contributed by atoms with Crippen LogP contribution in [-0.4, -0.2) is 31.1 Å². The van der Waals surface area contributed by atoms with Gasteiger partial charge in [-0.3, -0.25) is 4.79 Å². The van der Waals surface area contributed by atoms with Crippen molar-refractivity contribution in [2.75, 3.05) is 19.0 Å². The number of hydrogen-bond acceptors (Lipinski definition) is 5. The van der Waals surface area contributed by atoms with Gasteiger partial charge in [0.1, 0.15) is 17.2 Å². The Balaban J connectivity index is 2.86. The van der Waals surface area contributed by atoms with E-state index in [0.29, 0.717) is 6.07 Å². The van der Waals surface area contributed by atoms with Crippen molar-refractivity contribution in [2.24, 2.45) is 5.92 Å². The molecule has 0 spiro atoms. The third-order valence-electron chi connectivity index (χ3n) is 3.69. The van der Waals surface area contributed by atoms with E-state index in [2.05, 4.69) is 15.4 Å². The lowest BCUT2D eigenvalue weighted by molar-refractivity contribution is -0.121. The van der Waals surface area contributed by atoms with Crippen LogP contribution in [0.15, 0.2) is 12.1 Å². The predicted octanol–water partition coefficient (Wildman–Crippen LogP) is 2.22. The van der Waals surface area contributed by atoms with Crippen molar-refractivity contribution in [3.63, 3.8) is 0 Å². The summed E-state index contributed by atoms with van der Waals surface area (Å²) in [5.41, 5.74) is -1.75. The number of benzene rings is 1. The number of hydrogen-bond donors (Lipinski definition) is 2. The number of carbonyl (C=O) groups excluding carboxylic acids is 2. The van der Waals surface area contributed by atoms with E-state index in [0.717, 1.165) is 13.2 Å². The highest BCUT2D eigenvalue weighted by atomic mass is 19.1. The molecule has 1 rings (SSSR count). The van der Waals surface area contributed by atoms with Gasteiger partial charge in [0.25, 0.3) is 0 Å². The molecule has 0 unspecified atom stereocenters. The number of ether oxygens (including phenoxy) is 1. The number of halogens is 2. The van der Waals surface area contributed by atoms with Gasteiger partial charge in [-0.25, -0.2) is 13.6 Å². The van der Waals surface area contributed by atoms with Crippen LogP contribution in [0.4, 0.5) is 14.5 Å². The van der Waals surface area contributed by atoms with Gasteiger partial charge in [0.05, 0.1) is 31.0 Å². The predicted molar refractivity (Wildman–Crippen MR) is 83.2 cm³/mol. The lowest BCUT2D eigenvalue weighted by Gasteiger charge is -2.27. The molecule has 1 amide bonds. The molecule has 0 aliphatic rings. The third-order valence-corrected chi connectivity index (χ3v) is 3.69. The summed E-state index contributed by atoms with van der Waals surface area (Å²) in [5.74, 6) is -3.67. The van der Waals surface area contributed by atoms with Gasteiger partial charge >= 0.3 is 5.97 Å². The molecule has 0 radical (unpaired) electrons. The molecule has 0 heterocycles. The van der Waals surface area contributed by atoms with Gasteiger partial charge in [-0.1, -0.05) is 13.8 Å². The number of methoxy groups -OCH3 is 1. The van der Waals surface area contributed by atoms with E-state index < -0.39 is 34.6 Å². The quantitative estimate of drug-likeness (QED) is 0.776. The average molecular weight is 339 g/mol. The van der Waals surface area contributed by atoms with Crippen LogP contribution in [-0.2, 0) is 9.53 Å². The Morgan fingerprint density at radius 1 is 1.33 bits per heavy atom. The van der Waals surface area contributed by atoms with Crippen molar-refractivity contribution in [2.45, 2.75) is 26.3 Å². The molecule has 0 aliphatic heterocycles. The number of rotatable bonds is 6. The summed E-state index contributed by atoms with van der Waals surface area (Å²) >= 11 is 0. The van der Waals surface area contributed by atoms with Crippen LogP contribution in [0.25, 0.3) is 0 Å². The van der Waals surface area contributed by atoms with E-state index in [1.165, 1.54) is 0 Å². The highest BCUT2D eigenvalue weighted by molar-refractivity contribution is 5.91. The van der Waals surface area contributed by atoms with Crippen LogP contribution >= 0.6 is 0 Å². The summed E-state index contributed by atoms with van der Waals surface area (Å²) in [6.45, 7) is 4.77. The second-order valence-corrected chi connectivity index (χ2v) is 5.67. The van der Waals surface area contributed by atoms with E-state index in [9.17, 15) is 18.4 Å². The summed E-state index contributed by atoms with van der Waals surface area (Å²) in [6, 6.07) is 3.47. The number of nitriles is 1. The smallest absolute Gasteiger partial charge is 0.340 e. The van der Waals surface area contributed by atoms with Crippen molar-refractivity contribution < 1.29 is 23.1 Å². The summed E-state index contributed by atoms with van der Waals surface area (Å²) in [7, 11) is 1.07. The monoisotopic (exact) mass is 339 g/mol. The van der Waals surface area contributed by atoms with Crippen molar-refractivity contribution in [1.29, 1.82) is 5.26 Å². The molecular formula is C16H19F2N3O3. The number of amides is 1. The number of nitrogens with zero attached hydrogens (tertiary/aromatic N) is 1. The Labute approximate surface area is 138 Å². The third kappa shape index (κ3) is 4.41. The maximum absolute atomic E-state index is 13.7. The molecule has 24 heavy (non-hydrogen) atoms. The Hall–Kier alpha value is -2.69. The van der Waals surface area contributed by atoms with E-state index in [4.69, 9.17) is 5.26 Å². The minimum Gasteiger partial charge on any atom is -0.465 e. The molecule has 130 valence electrons. The zero-order valence-corrected chi connectivity index (χ0v) is 13.9. The Kier molecular flexibility index (Phi) is 6.23. The van der Waals surface area contributed by atoms with E-state index in [1.807, 2.05) is 6.07 Å². The lowest BCUT2D eigenvalue weighted by atomic mass is 9.90. The van der Waals surface area contributed by atoms with Crippen LogP contribution in [0.1, 0.15) is 31.1 Å². The van der Waals surface area contributed by atoms with Crippen LogP contribution in [0.3, 0.4) is 0 Å². The van der Waals surface area contributed by atoms with Crippen molar-refractivity contribution >= 4 is 17.6 Å². The SMILES string of the molecule is COC(=O)c1cc(NCC(=O)N[C@](C)(C#N)C(C)C)c(F)cc1F. The van der Waals surface area contributed by atoms with Crippen LogP contribution < -0.4 is 10.6 Å². The Morgan fingerprint density at radius 2 is 1.96 bits per heavy atom. The Morgan fingerprint density at radius 3 is 2.46 bits per heavy atom. The van der Waals surface area contributed by atoms with E-state index in [1.54, 1.807) is 20.8 Å². The van der Waals surface area contributed by atoms with Gasteiger partial charge in [0.15, 0.2) is 0 Å². The summed E-state index contributed by atoms with van der Waals surface area (Å²) in [4.78, 5) is 23.3. The first-order valence-electron chi connectivity index (χ1n) is 7.18. The molecule has 0 saturated heterocycles. The highest BCUT2D eigenvalue weighted by Gasteiger charge is 2.29. The first-order chi connectivity index (χ1) is 11.1. The van der Waals surface area contributed by atoms with Crippen LogP contribution in [0.5, 0.6) is 0 Å². The molecule has 0 fully saturated rings. The molecule has 0 saturated carbocycles. The van der Waals surface area contributed by atoms with Gasteiger partial charge < -0.3 is 15.4 Å². The molecule has 2 N–H and O–H groups in total. The first kappa shape index (κ1) is 19.4. The van der Waals surface area contributed by atoms with Gasteiger partial charge in [0.2, 0.25) is 5.91 Å². The fourth-order valence-corrected chi connectivity index (χ4v) is 1.76. The van der Waals surface area contributed by atoms with Gasteiger partial charge in [-0.2, -0.15) is 5.26 Å². The van der Waals surface area contributed by atoms with Crippen LogP contribution in [0.2, 0.25) is 0 Å². The molecule has 1 aromatic rings. The molecule has 0 aromatic heterocycles. The zero-order valence-electron chi connectivity index (χ0n) is 13.9. The maximum Gasteiger partial charge on any atom is 0.340 e. The largest absolute Gasteiger partial charge is 0.465 e. The van der Waals surface area contributed by atoms with Gasteiger partial charge in [-0.05, 0) is 18.9 Å². The highest BCUT2D eigenvalue weighted by Crippen LogP contribution is 2.20. The standard InChI is InChI=1S/C16H19F2N3O3/c1-9(2)16(3,8-19)21-14(22)7-20-13-5-10(15(23)24-4)11(17)6-12(13)18/h5-6,9,20H,7H2,1-4H3,(H,21,22)/t16-/m1/s1. The second kappa shape index (κ2) is 7.73. The minimum atomic E-state index is -1.07. The van der Waals surface area contributed by atoms with Gasteiger partial charge in [-0.15, -0.1) is 0 Å². The molecule has 0 bridgehead atoms. The number of nitrogens with one attached hydrogen (secondary N) is 2. The molecule has 1 aromatic carbocycles. The lowest BCUT2D eigenvalue weighted by Crippen LogP contribution is -2.50. The van der Waals surface area contributed by atoms with Crippen molar-refractivity contribution in [1.82, 2.24) is 5.32 Å². The summed E-state index contributed by atoms with van der Waals surface area (Å²) in [5, 5.41) is 14.2. The molecule has 8 heteroatoms. The van der Waals surface area contributed by atoms with Gasteiger partial charge in [0, 0.05) is 6.07 Å². The van der Waals surface area contributed by atoms with E-state index >= 15 is 0 Å². The van der Waals surface area contributed by atoms with E-state index in [-0.39, 0.29) is 18.2 Å². The first-order valence-corrected chi connectivity index (χ1v) is 7.18. The second-order valence-electron chi connectivity index (χ2n) is 5.67. The normalized spacial score (nSPS) is 12.9. The Bertz CT molecular complexity index is 686. The number of anilines is 1. The van der Waals surface area contributed by atoms with Crippen molar-refractivity contribution in [3.8, 4) is 6.07 Å².